The van der Waals surface area contributed by atoms with E-state index < -0.39 is 17.7 Å². The minimum absolute atomic E-state index is 0.0990. The number of carboxylic acid groups (broad SMARTS) is 1. The van der Waals surface area contributed by atoms with E-state index in [9.17, 15) is 14.7 Å². The van der Waals surface area contributed by atoms with E-state index in [0.717, 1.165) is 0 Å². The van der Waals surface area contributed by atoms with E-state index in [0.29, 0.717) is 16.9 Å². The van der Waals surface area contributed by atoms with Crippen LogP contribution in [0.4, 0.5) is 10.5 Å². The topological polar surface area (TPSA) is 93.5 Å². The Labute approximate surface area is 133 Å². The second-order valence-electron chi connectivity index (χ2n) is 6.04. The van der Waals surface area contributed by atoms with E-state index in [1.807, 2.05) is 0 Å². The molecule has 23 heavy (non-hydrogen) atoms. The molecule has 1 amide bonds. The number of anilines is 1. The number of nitrogens with zero attached hydrogens (tertiary/aromatic N) is 2. The molecule has 0 aliphatic heterocycles. The fraction of sp³-hybridized carbons (Fsp3) is 0.312. The monoisotopic (exact) mass is 317 g/mol. The molecule has 0 unspecified atom stereocenters. The maximum absolute atomic E-state index is 11.8. The Morgan fingerprint density at radius 2 is 2.00 bits per heavy atom. The lowest BCUT2D eigenvalue weighted by Crippen LogP contribution is -2.27. The molecule has 1 aromatic heterocycles. The second-order valence-corrected chi connectivity index (χ2v) is 6.04. The van der Waals surface area contributed by atoms with Crippen molar-refractivity contribution >= 4 is 17.7 Å². The van der Waals surface area contributed by atoms with E-state index in [-0.39, 0.29) is 5.56 Å². The summed E-state index contributed by atoms with van der Waals surface area (Å²) in [6.45, 7) is 5.33. The van der Waals surface area contributed by atoms with Gasteiger partial charge in [-0.3, -0.25) is 10.00 Å². The van der Waals surface area contributed by atoms with Crippen LogP contribution in [0.2, 0.25) is 0 Å². The summed E-state index contributed by atoms with van der Waals surface area (Å²) in [5, 5.41) is 15.8. The third-order valence-corrected chi connectivity index (χ3v) is 2.95. The minimum Gasteiger partial charge on any atom is -0.478 e. The zero-order valence-electron chi connectivity index (χ0n) is 13.5. The van der Waals surface area contributed by atoms with Crippen LogP contribution in [-0.4, -0.2) is 32.6 Å². The number of carboxylic acids is 1. The van der Waals surface area contributed by atoms with Gasteiger partial charge in [0.2, 0.25) is 0 Å². The van der Waals surface area contributed by atoms with Crippen molar-refractivity contribution in [3.05, 3.63) is 36.0 Å². The summed E-state index contributed by atoms with van der Waals surface area (Å²) in [6.07, 6.45) is 0.726. The highest BCUT2D eigenvalue weighted by Crippen LogP contribution is 2.26. The van der Waals surface area contributed by atoms with Crippen LogP contribution in [0.15, 0.2) is 30.5 Å². The molecule has 1 aromatic carbocycles. The van der Waals surface area contributed by atoms with Crippen LogP contribution in [0.25, 0.3) is 11.3 Å². The SMILES string of the molecule is Cn1ncc(C(=O)O)c1-c1cccc(NC(=O)OC(C)(C)C)c1. The van der Waals surface area contributed by atoms with Gasteiger partial charge in [0.1, 0.15) is 11.2 Å². The molecule has 0 radical (unpaired) electrons. The Bertz CT molecular complexity index is 744. The van der Waals surface area contributed by atoms with E-state index in [1.165, 1.54) is 10.9 Å². The standard InChI is InChI=1S/C16H19N3O4/c1-16(2,3)23-15(22)18-11-7-5-6-10(8-11)13-12(14(20)21)9-17-19(13)4/h5-9H,1-4H3,(H,18,22)(H,20,21). The van der Waals surface area contributed by atoms with E-state index >= 15 is 0 Å². The van der Waals surface area contributed by atoms with Crippen LogP contribution >= 0.6 is 0 Å². The maximum Gasteiger partial charge on any atom is 0.412 e. The van der Waals surface area contributed by atoms with Crippen LogP contribution < -0.4 is 5.32 Å². The summed E-state index contributed by atoms with van der Waals surface area (Å²) in [7, 11) is 1.66. The van der Waals surface area contributed by atoms with Gasteiger partial charge in [-0.05, 0) is 32.9 Å². The van der Waals surface area contributed by atoms with Crippen molar-refractivity contribution < 1.29 is 19.4 Å². The molecule has 0 fully saturated rings. The fourth-order valence-corrected chi connectivity index (χ4v) is 2.10. The summed E-state index contributed by atoms with van der Waals surface area (Å²) in [5.74, 6) is -1.06. The van der Waals surface area contributed by atoms with E-state index in [4.69, 9.17) is 4.74 Å². The molecular weight excluding hydrogens is 298 g/mol. The van der Waals surface area contributed by atoms with Gasteiger partial charge < -0.3 is 9.84 Å². The smallest absolute Gasteiger partial charge is 0.412 e. The number of amides is 1. The van der Waals surface area contributed by atoms with Crippen molar-refractivity contribution in [2.45, 2.75) is 26.4 Å². The Morgan fingerprint density at radius 3 is 2.61 bits per heavy atom. The van der Waals surface area contributed by atoms with Gasteiger partial charge in [-0.15, -0.1) is 0 Å². The zero-order chi connectivity index (χ0) is 17.2. The third kappa shape index (κ3) is 4.09. The normalized spacial score (nSPS) is 11.1. The molecule has 7 nitrogen and oxygen atoms in total. The number of hydrogen-bond donors (Lipinski definition) is 2. The Hall–Kier alpha value is -2.83. The first-order chi connectivity index (χ1) is 10.7. The first-order valence-corrected chi connectivity index (χ1v) is 7.03. The number of nitrogens with one attached hydrogen (secondary N) is 1. The lowest BCUT2D eigenvalue weighted by molar-refractivity contribution is 0.0634. The van der Waals surface area contributed by atoms with Gasteiger partial charge in [0.15, 0.2) is 0 Å². The number of hydrogen-bond acceptors (Lipinski definition) is 4. The number of carbonyl (C=O) groups excluding carboxylic acids is 1. The van der Waals surface area contributed by atoms with Crippen molar-refractivity contribution in [1.82, 2.24) is 9.78 Å². The number of aromatic nitrogens is 2. The zero-order valence-corrected chi connectivity index (χ0v) is 13.5. The molecule has 0 aliphatic rings. The van der Waals surface area contributed by atoms with Crippen LogP contribution in [0.3, 0.4) is 0 Å². The Balaban J connectivity index is 2.29. The van der Waals surface area contributed by atoms with Crippen LogP contribution in [-0.2, 0) is 11.8 Å². The lowest BCUT2D eigenvalue weighted by atomic mass is 10.1. The quantitative estimate of drug-likeness (QED) is 0.907. The van der Waals surface area contributed by atoms with Crippen LogP contribution in [0.1, 0.15) is 31.1 Å². The number of aromatic carboxylic acids is 1. The molecule has 2 aromatic rings. The highest BCUT2D eigenvalue weighted by atomic mass is 16.6. The van der Waals surface area contributed by atoms with Gasteiger partial charge in [-0.2, -0.15) is 5.10 Å². The number of carbonyl (C=O) groups is 2. The fourth-order valence-electron chi connectivity index (χ4n) is 2.10. The van der Waals surface area contributed by atoms with Gasteiger partial charge in [-0.25, -0.2) is 9.59 Å². The number of ether oxygens (including phenoxy) is 1. The third-order valence-electron chi connectivity index (χ3n) is 2.95. The molecule has 0 spiro atoms. The van der Waals surface area contributed by atoms with Crippen molar-refractivity contribution in [1.29, 1.82) is 0 Å². The molecule has 7 heteroatoms. The highest BCUT2D eigenvalue weighted by Gasteiger charge is 2.18. The Kier molecular flexibility index (Phi) is 4.40. The van der Waals surface area contributed by atoms with E-state index in [2.05, 4.69) is 10.4 Å². The highest BCUT2D eigenvalue weighted by molar-refractivity contribution is 5.95. The second kappa shape index (κ2) is 6.12. The minimum atomic E-state index is -1.06. The molecule has 2 N–H and O–H groups in total. The van der Waals surface area contributed by atoms with Crippen molar-refractivity contribution in [3.63, 3.8) is 0 Å². The number of rotatable bonds is 3. The van der Waals surface area contributed by atoms with Gasteiger partial charge in [0.05, 0.1) is 11.9 Å². The molecule has 0 atom stereocenters. The van der Waals surface area contributed by atoms with Gasteiger partial charge in [0, 0.05) is 18.3 Å². The molecule has 0 saturated carbocycles. The summed E-state index contributed by atoms with van der Waals surface area (Å²) >= 11 is 0. The molecule has 0 aliphatic carbocycles. The van der Waals surface area contributed by atoms with Gasteiger partial charge in [0.25, 0.3) is 0 Å². The van der Waals surface area contributed by atoms with E-state index in [1.54, 1.807) is 52.1 Å². The summed E-state index contributed by atoms with van der Waals surface area (Å²) in [4.78, 5) is 23.1. The van der Waals surface area contributed by atoms with Crippen LogP contribution in [0, 0.1) is 0 Å². The van der Waals surface area contributed by atoms with Crippen molar-refractivity contribution in [2.24, 2.45) is 7.05 Å². The first kappa shape index (κ1) is 16.5. The number of benzene rings is 1. The van der Waals surface area contributed by atoms with Gasteiger partial charge in [-0.1, -0.05) is 12.1 Å². The van der Waals surface area contributed by atoms with Crippen molar-refractivity contribution in [2.75, 3.05) is 5.32 Å². The molecule has 0 bridgehead atoms. The average Bonchev–Trinajstić information content (AvgIpc) is 2.78. The number of aryl methyl sites for hydroxylation is 1. The molecule has 1 heterocycles. The predicted molar refractivity (Wildman–Crippen MR) is 85.5 cm³/mol. The molecule has 0 saturated heterocycles. The van der Waals surface area contributed by atoms with Crippen LogP contribution in [0.5, 0.6) is 0 Å². The first-order valence-electron chi connectivity index (χ1n) is 7.03. The van der Waals surface area contributed by atoms with Crippen molar-refractivity contribution in [3.8, 4) is 11.3 Å². The maximum atomic E-state index is 11.8. The molecule has 122 valence electrons. The summed E-state index contributed by atoms with van der Waals surface area (Å²) < 4.78 is 6.68. The molecular formula is C16H19N3O4. The van der Waals surface area contributed by atoms with Gasteiger partial charge >= 0.3 is 12.1 Å². The summed E-state index contributed by atoms with van der Waals surface area (Å²) in [6, 6.07) is 6.85. The lowest BCUT2D eigenvalue weighted by Gasteiger charge is -2.19. The molecule has 2 rings (SSSR count). The largest absolute Gasteiger partial charge is 0.478 e. The predicted octanol–water partition coefficient (Wildman–Crippen LogP) is 3.13. The summed E-state index contributed by atoms with van der Waals surface area (Å²) in [5.41, 5.74) is 1.11. The average molecular weight is 317 g/mol. The Morgan fingerprint density at radius 1 is 1.30 bits per heavy atom.